The molecular formula is C16H19BrN2OS. The van der Waals surface area contributed by atoms with Gasteiger partial charge in [0.25, 0.3) is 0 Å². The number of methoxy groups -OCH3 is 1. The monoisotopic (exact) mass is 366 g/mol. The van der Waals surface area contributed by atoms with E-state index in [-0.39, 0.29) is 6.04 Å². The Morgan fingerprint density at radius 1 is 1.24 bits per heavy atom. The minimum atomic E-state index is 0.203. The van der Waals surface area contributed by atoms with Gasteiger partial charge in [-0.05, 0) is 42.2 Å². The summed E-state index contributed by atoms with van der Waals surface area (Å²) in [5, 5.41) is 3.52. The van der Waals surface area contributed by atoms with Gasteiger partial charge in [0.2, 0.25) is 0 Å². The van der Waals surface area contributed by atoms with Crippen LogP contribution >= 0.6 is 27.7 Å². The fraction of sp³-hybridized carbons (Fsp3) is 0.250. The molecule has 0 aliphatic rings. The minimum Gasteiger partial charge on any atom is -0.497 e. The molecule has 3 N–H and O–H groups in total. The van der Waals surface area contributed by atoms with Crippen molar-refractivity contribution >= 4 is 39.1 Å². The molecule has 0 radical (unpaired) electrons. The molecule has 0 heterocycles. The molecule has 21 heavy (non-hydrogen) atoms. The van der Waals surface area contributed by atoms with Crippen molar-refractivity contribution in [1.82, 2.24) is 0 Å². The highest BCUT2D eigenvalue weighted by atomic mass is 79.9. The van der Waals surface area contributed by atoms with E-state index in [0.717, 1.165) is 27.3 Å². The summed E-state index contributed by atoms with van der Waals surface area (Å²) in [6, 6.07) is 14.2. The Bertz CT molecular complexity index is 589. The molecule has 112 valence electrons. The van der Waals surface area contributed by atoms with E-state index in [1.54, 1.807) is 18.9 Å². The van der Waals surface area contributed by atoms with E-state index in [2.05, 4.69) is 39.6 Å². The lowest BCUT2D eigenvalue weighted by Gasteiger charge is -2.21. The van der Waals surface area contributed by atoms with E-state index in [0.29, 0.717) is 0 Å². The molecule has 0 saturated heterocycles. The highest BCUT2D eigenvalue weighted by Crippen LogP contribution is 2.29. The van der Waals surface area contributed by atoms with Crippen LogP contribution in [-0.2, 0) is 0 Å². The summed E-state index contributed by atoms with van der Waals surface area (Å²) in [6.45, 7) is 0. The van der Waals surface area contributed by atoms with Gasteiger partial charge >= 0.3 is 0 Å². The van der Waals surface area contributed by atoms with Gasteiger partial charge in [0.05, 0.1) is 24.5 Å². The number of benzene rings is 2. The van der Waals surface area contributed by atoms with E-state index >= 15 is 0 Å². The van der Waals surface area contributed by atoms with E-state index in [4.69, 9.17) is 10.5 Å². The van der Waals surface area contributed by atoms with Gasteiger partial charge in [-0.2, -0.15) is 11.8 Å². The van der Waals surface area contributed by atoms with Crippen molar-refractivity contribution in [1.29, 1.82) is 0 Å². The number of anilines is 2. The first-order chi connectivity index (χ1) is 10.1. The Labute approximate surface area is 138 Å². The lowest BCUT2D eigenvalue weighted by molar-refractivity contribution is 0.414. The normalized spacial score (nSPS) is 12.0. The number of nitrogens with two attached hydrogens (primary N) is 1. The largest absolute Gasteiger partial charge is 0.497 e. The third-order valence-electron chi connectivity index (χ3n) is 3.19. The maximum Gasteiger partial charge on any atom is 0.118 e. The maximum absolute atomic E-state index is 6.07. The van der Waals surface area contributed by atoms with E-state index in [9.17, 15) is 0 Å². The van der Waals surface area contributed by atoms with Gasteiger partial charge in [0.1, 0.15) is 5.75 Å². The Morgan fingerprint density at radius 2 is 1.95 bits per heavy atom. The van der Waals surface area contributed by atoms with Gasteiger partial charge in [-0.25, -0.2) is 0 Å². The van der Waals surface area contributed by atoms with Gasteiger partial charge in [-0.15, -0.1) is 0 Å². The van der Waals surface area contributed by atoms with Crippen LogP contribution in [0.1, 0.15) is 11.6 Å². The summed E-state index contributed by atoms with van der Waals surface area (Å²) < 4.78 is 6.19. The number of ether oxygens (including phenoxy) is 1. The molecular weight excluding hydrogens is 348 g/mol. The number of hydrogen-bond donors (Lipinski definition) is 2. The summed E-state index contributed by atoms with van der Waals surface area (Å²) in [7, 11) is 1.68. The molecule has 3 nitrogen and oxygen atoms in total. The third-order valence-corrected chi connectivity index (χ3v) is 4.35. The molecule has 2 aromatic carbocycles. The van der Waals surface area contributed by atoms with E-state index in [1.807, 2.05) is 30.3 Å². The number of nitrogens with one attached hydrogen (secondary N) is 1. The molecule has 0 aromatic heterocycles. The summed E-state index contributed by atoms with van der Waals surface area (Å²) >= 11 is 5.23. The van der Waals surface area contributed by atoms with Crippen LogP contribution in [0.5, 0.6) is 5.75 Å². The van der Waals surface area contributed by atoms with Crippen molar-refractivity contribution in [2.45, 2.75) is 6.04 Å². The minimum absolute atomic E-state index is 0.203. The van der Waals surface area contributed by atoms with Gasteiger partial charge in [0.15, 0.2) is 0 Å². The topological polar surface area (TPSA) is 47.3 Å². The van der Waals surface area contributed by atoms with Gasteiger partial charge in [-0.1, -0.05) is 28.1 Å². The fourth-order valence-corrected chi connectivity index (χ4v) is 3.06. The predicted octanol–water partition coefficient (Wildman–Crippen LogP) is 4.56. The second-order valence-electron chi connectivity index (χ2n) is 4.66. The molecule has 0 bridgehead atoms. The van der Waals surface area contributed by atoms with Crippen molar-refractivity contribution in [2.75, 3.05) is 30.2 Å². The van der Waals surface area contributed by atoms with E-state index in [1.165, 1.54) is 5.56 Å². The fourth-order valence-electron chi connectivity index (χ4n) is 2.08. The average molecular weight is 367 g/mol. The van der Waals surface area contributed by atoms with Crippen molar-refractivity contribution in [2.24, 2.45) is 0 Å². The van der Waals surface area contributed by atoms with Crippen molar-refractivity contribution in [3.63, 3.8) is 0 Å². The molecule has 0 spiro atoms. The second kappa shape index (κ2) is 7.61. The zero-order chi connectivity index (χ0) is 15.2. The second-order valence-corrected chi connectivity index (χ2v) is 6.48. The predicted molar refractivity (Wildman–Crippen MR) is 96.3 cm³/mol. The highest BCUT2D eigenvalue weighted by Gasteiger charge is 2.12. The molecule has 2 aromatic rings. The summed E-state index contributed by atoms with van der Waals surface area (Å²) in [4.78, 5) is 0. The van der Waals surface area contributed by atoms with Crippen LogP contribution in [-0.4, -0.2) is 19.1 Å². The Kier molecular flexibility index (Phi) is 5.82. The molecule has 0 aliphatic heterocycles. The summed E-state index contributed by atoms with van der Waals surface area (Å²) in [5.41, 5.74) is 8.98. The quantitative estimate of drug-likeness (QED) is 0.735. The Hall–Kier alpha value is -1.33. The number of hydrogen-bond acceptors (Lipinski definition) is 4. The zero-order valence-electron chi connectivity index (χ0n) is 12.1. The smallest absolute Gasteiger partial charge is 0.118 e. The first-order valence-electron chi connectivity index (χ1n) is 6.58. The molecule has 0 saturated carbocycles. The van der Waals surface area contributed by atoms with Crippen LogP contribution in [0, 0.1) is 0 Å². The van der Waals surface area contributed by atoms with Crippen LogP contribution in [0.4, 0.5) is 11.4 Å². The van der Waals surface area contributed by atoms with Crippen LogP contribution in [0.25, 0.3) is 0 Å². The van der Waals surface area contributed by atoms with Gasteiger partial charge in [-0.3, -0.25) is 0 Å². The van der Waals surface area contributed by atoms with E-state index < -0.39 is 0 Å². The lowest BCUT2D eigenvalue weighted by atomic mass is 10.1. The van der Waals surface area contributed by atoms with Crippen molar-refractivity contribution < 1.29 is 4.74 Å². The molecule has 0 amide bonds. The van der Waals surface area contributed by atoms with Crippen molar-refractivity contribution in [3.8, 4) is 5.75 Å². The number of rotatable bonds is 6. The maximum atomic E-state index is 6.07. The molecule has 5 heteroatoms. The highest BCUT2D eigenvalue weighted by molar-refractivity contribution is 9.10. The zero-order valence-corrected chi connectivity index (χ0v) is 14.5. The first kappa shape index (κ1) is 16.0. The van der Waals surface area contributed by atoms with Crippen LogP contribution in [0.3, 0.4) is 0 Å². The summed E-state index contributed by atoms with van der Waals surface area (Å²) in [5.74, 6) is 1.83. The van der Waals surface area contributed by atoms with Gasteiger partial charge in [0, 0.05) is 10.2 Å². The molecule has 1 unspecified atom stereocenters. The third kappa shape index (κ3) is 4.32. The Morgan fingerprint density at radius 3 is 2.52 bits per heavy atom. The molecule has 0 fully saturated rings. The van der Waals surface area contributed by atoms with Crippen LogP contribution < -0.4 is 15.8 Å². The molecule has 2 rings (SSSR count). The average Bonchev–Trinajstić information content (AvgIpc) is 2.49. The molecule has 1 atom stereocenters. The number of nitrogen functional groups attached to an aromatic ring is 1. The lowest BCUT2D eigenvalue weighted by Crippen LogP contribution is -2.14. The first-order valence-corrected chi connectivity index (χ1v) is 8.77. The number of thioether (sulfide) groups is 1. The summed E-state index contributed by atoms with van der Waals surface area (Å²) in [6.07, 6.45) is 2.10. The number of halogens is 1. The van der Waals surface area contributed by atoms with Crippen molar-refractivity contribution in [3.05, 3.63) is 52.5 Å². The van der Waals surface area contributed by atoms with Gasteiger partial charge < -0.3 is 15.8 Å². The van der Waals surface area contributed by atoms with Crippen LogP contribution in [0.15, 0.2) is 46.9 Å². The Balaban J connectivity index is 2.21. The standard InChI is InChI=1S/C16H19BrN2OS/c1-20-13-6-3-11(4-7-13)16(10-21-2)19-15-8-5-12(17)9-14(15)18/h3-9,16,19H,10,18H2,1-2H3. The molecule has 0 aliphatic carbocycles. The van der Waals surface area contributed by atoms with Crippen LogP contribution in [0.2, 0.25) is 0 Å². The SMILES string of the molecule is COc1ccc(C(CSC)Nc2ccc(Br)cc2N)cc1.